The van der Waals surface area contributed by atoms with Crippen LogP contribution in [0.25, 0.3) is 0 Å². The van der Waals surface area contributed by atoms with Crippen molar-refractivity contribution in [1.29, 1.82) is 0 Å². The number of hydrogen-bond acceptors (Lipinski definition) is 7. The van der Waals surface area contributed by atoms with Gasteiger partial charge >= 0.3 is 0 Å². The van der Waals surface area contributed by atoms with Crippen LogP contribution in [0.4, 0.5) is 0 Å². The van der Waals surface area contributed by atoms with Gasteiger partial charge in [-0.3, -0.25) is 0 Å². The molecule has 4 aromatic carbocycles. The second-order valence-corrected chi connectivity index (χ2v) is 8.43. The monoisotopic (exact) mass is 474 g/mol. The molecular weight excluding hydrogens is 448 g/mol. The Morgan fingerprint density at radius 3 is 1.54 bits per heavy atom. The third-order valence-corrected chi connectivity index (χ3v) is 5.56. The Morgan fingerprint density at radius 1 is 0.457 bits per heavy atom. The van der Waals surface area contributed by atoms with E-state index in [1.165, 1.54) is 36.4 Å². The van der Waals surface area contributed by atoms with Crippen molar-refractivity contribution in [3.05, 3.63) is 95.1 Å². The minimum Gasteiger partial charge on any atom is -0.508 e. The summed E-state index contributed by atoms with van der Waals surface area (Å²) in [7, 11) is 0. The van der Waals surface area contributed by atoms with Crippen LogP contribution < -0.4 is 4.74 Å². The van der Waals surface area contributed by atoms with E-state index in [-0.39, 0.29) is 46.0 Å². The Balaban J connectivity index is 1.46. The standard InChI is InChI=1S/C28H26O7/c29-21-3-1-2-17(8-21)4-5-19-11-24(32)16-25(12-19)35-28-26(33)13-20(14-27(28)34)7-6-18-9-22(30)15-23(31)10-18/h1-3,8-16,29-34H,4-7H2. The molecule has 0 amide bonds. The molecule has 0 aliphatic carbocycles. The van der Waals surface area contributed by atoms with Crippen LogP contribution in [0.15, 0.2) is 72.8 Å². The lowest BCUT2D eigenvalue weighted by molar-refractivity contribution is 0.373. The van der Waals surface area contributed by atoms with Crippen LogP contribution in [0, 0.1) is 0 Å². The minimum atomic E-state index is -0.261. The van der Waals surface area contributed by atoms with Crippen LogP contribution in [-0.2, 0) is 25.7 Å². The van der Waals surface area contributed by atoms with Crippen LogP contribution in [-0.4, -0.2) is 30.6 Å². The third-order valence-electron chi connectivity index (χ3n) is 5.56. The highest BCUT2D eigenvalue weighted by molar-refractivity contribution is 5.55. The lowest BCUT2D eigenvalue weighted by Gasteiger charge is -2.13. The lowest BCUT2D eigenvalue weighted by Crippen LogP contribution is -1.95. The van der Waals surface area contributed by atoms with E-state index < -0.39 is 0 Å². The van der Waals surface area contributed by atoms with Crippen LogP contribution >= 0.6 is 0 Å². The summed E-state index contributed by atoms with van der Waals surface area (Å²) < 4.78 is 5.72. The van der Waals surface area contributed by atoms with Crippen molar-refractivity contribution in [1.82, 2.24) is 0 Å². The molecular formula is C28H26O7. The Hall–Kier alpha value is -4.52. The molecule has 0 fully saturated rings. The van der Waals surface area contributed by atoms with Crippen LogP contribution in [0.2, 0.25) is 0 Å². The first kappa shape index (κ1) is 23.6. The van der Waals surface area contributed by atoms with E-state index in [0.29, 0.717) is 36.8 Å². The molecule has 180 valence electrons. The fraction of sp³-hybridized carbons (Fsp3) is 0.143. The van der Waals surface area contributed by atoms with E-state index in [1.807, 2.05) is 6.07 Å². The molecule has 0 radical (unpaired) electrons. The molecule has 0 spiro atoms. The first-order valence-electron chi connectivity index (χ1n) is 11.1. The van der Waals surface area contributed by atoms with Gasteiger partial charge in [-0.2, -0.15) is 0 Å². The van der Waals surface area contributed by atoms with Crippen molar-refractivity contribution in [2.45, 2.75) is 25.7 Å². The molecule has 0 aromatic heterocycles. The highest BCUT2D eigenvalue weighted by Gasteiger charge is 2.14. The molecule has 0 aliphatic heterocycles. The van der Waals surface area contributed by atoms with Gasteiger partial charge in [-0.1, -0.05) is 12.1 Å². The van der Waals surface area contributed by atoms with Gasteiger partial charge in [-0.05, 0) is 96.5 Å². The quantitative estimate of drug-likeness (QED) is 0.205. The molecule has 0 heterocycles. The zero-order valence-electron chi connectivity index (χ0n) is 18.8. The van der Waals surface area contributed by atoms with Crippen molar-refractivity contribution in [3.8, 4) is 46.0 Å². The molecule has 0 saturated carbocycles. The zero-order chi connectivity index (χ0) is 24.9. The number of rotatable bonds is 8. The van der Waals surface area contributed by atoms with Crippen molar-refractivity contribution in [3.63, 3.8) is 0 Å². The second kappa shape index (κ2) is 10.2. The van der Waals surface area contributed by atoms with Crippen molar-refractivity contribution in [2.24, 2.45) is 0 Å². The summed E-state index contributed by atoms with van der Waals surface area (Å²) >= 11 is 0. The van der Waals surface area contributed by atoms with Gasteiger partial charge < -0.3 is 35.4 Å². The smallest absolute Gasteiger partial charge is 0.210 e. The normalized spacial score (nSPS) is 10.9. The number of benzene rings is 4. The Kier molecular flexibility index (Phi) is 6.87. The SMILES string of the molecule is Oc1cccc(CCc2cc(O)cc(Oc3c(O)cc(CCc4cc(O)cc(O)c4)cc3O)c2)c1. The number of aryl methyl sites for hydroxylation is 4. The molecule has 4 rings (SSSR count). The number of aromatic hydroxyl groups is 6. The van der Waals surface area contributed by atoms with E-state index in [9.17, 15) is 30.6 Å². The summed E-state index contributed by atoms with van der Waals surface area (Å²) in [5, 5.41) is 59.9. The van der Waals surface area contributed by atoms with Crippen molar-refractivity contribution >= 4 is 0 Å². The van der Waals surface area contributed by atoms with Gasteiger partial charge in [0, 0.05) is 12.1 Å². The fourth-order valence-corrected chi connectivity index (χ4v) is 3.96. The topological polar surface area (TPSA) is 131 Å². The number of phenols is 6. The maximum absolute atomic E-state index is 10.5. The summed E-state index contributed by atoms with van der Waals surface area (Å²) in [4.78, 5) is 0. The summed E-state index contributed by atoms with van der Waals surface area (Å²) in [6.07, 6.45) is 2.13. The molecule has 0 saturated heterocycles. The van der Waals surface area contributed by atoms with Crippen molar-refractivity contribution < 1.29 is 35.4 Å². The zero-order valence-corrected chi connectivity index (χ0v) is 18.8. The summed E-state index contributed by atoms with van der Waals surface area (Å²) in [5.41, 5.74) is 3.08. The average Bonchev–Trinajstić information content (AvgIpc) is 2.78. The largest absolute Gasteiger partial charge is 0.508 e. The summed E-state index contributed by atoms with van der Waals surface area (Å²) in [6.45, 7) is 0. The molecule has 7 nitrogen and oxygen atoms in total. The molecule has 0 bridgehead atoms. The molecule has 4 aromatic rings. The predicted molar refractivity (Wildman–Crippen MR) is 131 cm³/mol. The van der Waals surface area contributed by atoms with Gasteiger partial charge in [0.15, 0.2) is 11.5 Å². The summed E-state index contributed by atoms with van der Waals surface area (Å²) in [5.74, 6) is -0.302. The molecule has 0 unspecified atom stereocenters. The van der Waals surface area contributed by atoms with E-state index in [2.05, 4.69) is 0 Å². The lowest BCUT2D eigenvalue weighted by atomic mass is 10.0. The van der Waals surface area contributed by atoms with Crippen LogP contribution in [0.3, 0.4) is 0 Å². The number of hydrogen-bond donors (Lipinski definition) is 6. The van der Waals surface area contributed by atoms with E-state index in [4.69, 9.17) is 4.74 Å². The average molecular weight is 475 g/mol. The second-order valence-electron chi connectivity index (χ2n) is 8.43. The summed E-state index contributed by atoms with van der Waals surface area (Å²) in [6, 6.07) is 18.9. The molecule has 7 heteroatoms. The minimum absolute atomic E-state index is 0.0154. The molecule has 0 aliphatic rings. The van der Waals surface area contributed by atoms with E-state index in [0.717, 1.165) is 11.1 Å². The fourth-order valence-electron chi connectivity index (χ4n) is 3.96. The van der Waals surface area contributed by atoms with Crippen LogP contribution in [0.5, 0.6) is 46.0 Å². The van der Waals surface area contributed by atoms with Gasteiger partial charge in [0.05, 0.1) is 0 Å². The van der Waals surface area contributed by atoms with Gasteiger partial charge in [0.25, 0.3) is 0 Å². The van der Waals surface area contributed by atoms with Gasteiger partial charge in [0.1, 0.15) is 28.7 Å². The third kappa shape index (κ3) is 6.29. The Morgan fingerprint density at radius 2 is 0.943 bits per heavy atom. The highest BCUT2D eigenvalue weighted by Crippen LogP contribution is 2.41. The van der Waals surface area contributed by atoms with E-state index >= 15 is 0 Å². The predicted octanol–water partition coefficient (Wildman–Crippen LogP) is 5.28. The molecule has 6 N–H and O–H groups in total. The number of ether oxygens (including phenoxy) is 1. The van der Waals surface area contributed by atoms with E-state index in [1.54, 1.807) is 30.3 Å². The molecule has 0 atom stereocenters. The Labute approximate surface area is 202 Å². The van der Waals surface area contributed by atoms with Crippen LogP contribution in [0.1, 0.15) is 22.3 Å². The Bertz CT molecular complexity index is 1300. The van der Waals surface area contributed by atoms with Gasteiger partial charge in [-0.25, -0.2) is 0 Å². The first-order chi connectivity index (χ1) is 16.7. The maximum Gasteiger partial charge on any atom is 0.210 e. The first-order valence-corrected chi connectivity index (χ1v) is 11.1. The van der Waals surface area contributed by atoms with Gasteiger partial charge in [0.2, 0.25) is 5.75 Å². The highest BCUT2D eigenvalue weighted by atomic mass is 16.5. The number of phenolic OH excluding ortho intramolecular Hbond substituents is 6. The van der Waals surface area contributed by atoms with Crippen molar-refractivity contribution in [2.75, 3.05) is 0 Å². The maximum atomic E-state index is 10.5. The van der Waals surface area contributed by atoms with Gasteiger partial charge in [-0.15, -0.1) is 0 Å². The molecule has 35 heavy (non-hydrogen) atoms.